The van der Waals surface area contributed by atoms with Gasteiger partial charge in [-0.25, -0.2) is 0 Å². The van der Waals surface area contributed by atoms with Gasteiger partial charge in [0.15, 0.2) is 0 Å². The van der Waals surface area contributed by atoms with Crippen molar-refractivity contribution in [1.29, 1.82) is 0 Å². The summed E-state index contributed by atoms with van der Waals surface area (Å²) in [7, 11) is 0. The van der Waals surface area contributed by atoms with Gasteiger partial charge in [-0.05, 0) is 51.0 Å². The first-order valence-electron chi connectivity index (χ1n) is 9.50. The number of esters is 1. The lowest BCUT2D eigenvalue weighted by Gasteiger charge is -2.28. The van der Waals surface area contributed by atoms with Gasteiger partial charge in [0, 0.05) is 18.4 Å². The average Bonchev–Trinajstić information content (AvgIpc) is 3.22. The first-order chi connectivity index (χ1) is 12.0. The third kappa shape index (κ3) is 2.73. The summed E-state index contributed by atoms with van der Waals surface area (Å²) in [5.41, 5.74) is 2.47. The van der Waals surface area contributed by atoms with Crippen LogP contribution >= 0.6 is 0 Å². The lowest BCUT2D eigenvalue weighted by molar-refractivity contribution is -0.148. The van der Waals surface area contributed by atoms with Crippen LogP contribution in [0.5, 0.6) is 0 Å². The summed E-state index contributed by atoms with van der Waals surface area (Å²) in [6, 6.07) is -0.457. The highest BCUT2D eigenvalue weighted by Crippen LogP contribution is 2.52. The quantitative estimate of drug-likeness (QED) is 0.629. The van der Waals surface area contributed by atoms with Crippen LogP contribution in [0.4, 0.5) is 0 Å². The van der Waals surface area contributed by atoms with Crippen LogP contribution < -0.4 is 0 Å². The minimum atomic E-state index is -0.779. The van der Waals surface area contributed by atoms with Crippen molar-refractivity contribution in [1.82, 2.24) is 4.90 Å². The first-order valence-corrected chi connectivity index (χ1v) is 9.50. The van der Waals surface area contributed by atoms with Gasteiger partial charge in [0.25, 0.3) is 0 Å². The van der Waals surface area contributed by atoms with Crippen molar-refractivity contribution in [3.63, 3.8) is 0 Å². The van der Waals surface area contributed by atoms with E-state index in [4.69, 9.17) is 4.74 Å². The molecule has 6 atom stereocenters. The minimum Gasteiger partial charge on any atom is -0.480 e. The number of nitrogens with zero attached hydrogens (tertiary/aromatic N) is 1. The smallest absolute Gasteiger partial charge is 0.320 e. The standard InChI is InChI=1S/C20H27NO4/c1-11-5-8-14-15(10-21-9-3-4-16(21)19(22)23)20(24)25-18(14)17-12(2)6-7-13(11)17/h13-18H,1-10H2,(H,22,23)/t13-,14-,15-,16-,17-,18-/m0/s1. The molecule has 2 saturated heterocycles. The lowest BCUT2D eigenvalue weighted by Crippen LogP contribution is -2.42. The van der Waals surface area contributed by atoms with E-state index < -0.39 is 12.0 Å². The van der Waals surface area contributed by atoms with Crippen molar-refractivity contribution in [3.05, 3.63) is 24.3 Å². The molecular formula is C20H27NO4. The summed E-state index contributed by atoms with van der Waals surface area (Å²) >= 11 is 0. The first kappa shape index (κ1) is 16.8. The van der Waals surface area contributed by atoms with Crippen LogP contribution in [0.25, 0.3) is 0 Å². The number of hydrogen-bond donors (Lipinski definition) is 1. The number of likely N-dealkylation sites (tertiary alicyclic amines) is 1. The average molecular weight is 345 g/mol. The predicted molar refractivity (Wildman–Crippen MR) is 92.8 cm³/mol. The molecule has 5 heteroatoms. The van der Waals surface area contributed by atoms with Gasteiger partial charge in [-0.3, -0.25) is 14.5 Å². The van der Waals surface area contributed by atoms with E-state index in [0.717, 1.165) is 38.6 Å². The van der Waals surface area contributed by atoms with Crippen LogP contribution in [0, 0.1) is 23.7 Å². The zero-order valence-electron chi connectivity index (χ0n) is 14.7. The summed E-state index contributed by atoms with van der Waals surface area (Å²) in [6.45, 7) is 9.80. The van der Waals surface area contributed by atoms with Crippen molar-refractivity contribution in [3.8, 4) is 0 Å². The van der Waals surface area contributed by atoms with Gasteiger partial charge in [0.05, 0.1) is 5.92 Å². The van der Waals surface area contributed by atoms with Gasteiger partial charge in [0.2, 0.25) is 0 Å². The second-order valence-corrected chi connectivity index (χ2v) is 8.19. The van der Waals surface area contributed by atoms with E-state index in [9.17, 15) is 14.7 Å². The molecule has 136 valence electrons. The van der Waals surface area contributed by atoms with E-state index in [2.05, 4.69) is 13.2 Å². The summed E-state index contributed by atoms with van der Waals surface area (Å²) in [5, 5.41) is 9.41. The highest BCUT2D eigenvalue weighted by atomic mass is 16.6. The number of ether oxygens (including phenoxy) is 1. The number of hydrogen-bond acceptors (Lipinski definition) is 4. The van der Waals surface area contributed by atoms with Crippen molar-refractivity contribution in [2.45, 2.75) is 50.7 Å². The van der Waals surface area contributed by atoms with Gasteiger partial charge in [-0.1, -0.05) is 24.3 Å². The molecule has 0 aromatic heterocycles. The minimum absolute atomic E-state index is 0.0948. The Labute approximate surface area is 148 Å². The summed E-state index contributed by atoms with van der Waals surface area (Å²) in [5.74, 6) is -0.375. The van der Waals surface area contributed by atoms with E-state index in [1.165, 1.54) is 11.1 Å². The maximum atomic E-state index is 12.6. The van der Waals surface area contributed by atoms with Crippen LogP contribution in [-0.4, -0.2) is 47.2 Å². The second kappa shape index (κ2) is 6.27. The molecule has 2 aliphatic heterocycles. The van der Waals surface area contributed by atoms with E-state index in [-0.39, 0.29) is 29.8 Å². The number of rotatable bonds is 3. The van der Waals surface area contributed by atoms with Gasteiger partial charge in [-0.2, -0.15) is 0 Å². The summed E-state index contributed by atoms with van der Waals surface area (Å²) in [4.78, 5) is 26.1. The van der Waals surface area contributed by atoms with E-state index in [1.54, 1.807) is 0 Å². The number of carbonyl (C=O) groups excluding carboxylic acids is 1. The number of carboxylic acid groups (broad SMARTS) is 1. The molecule has 0 spiro atoms. The van der Waals surface area contributed by atoms with Crippen molar-refractivity contribution in [2.24, 2.45) is 23.7 Å². The Kier molecular flexibility index (Phi) is 4.22. The molecule has 0 bridgehead atoms. The van der Waals surface area contributed by atoms with Crippen LogP contribution in [0.1, 0.15) is 38.5 Å². The van der Waals surface area contributed by atoms with Gasteiger partial charge in [0.1, 0.15) is 12.1 Å². The van der Waals surface area contributed by atoms with Gasteiger partial charge < -0.3 is 9.84 Å². The van der Waals surface area contributed by atoms with Gasteiger partial charge in [-0.15, -0.1) is 0 Å². The number of fused-ring (bicyclic) bond motifs is 3. The number of carboxylic acids is 1. The monoisotopic (exact) mass is 345 g/mol. The zero-order chi connectivity index (χ0) is 17.7. The molecule has 4 aliphatic rings. The molecule has 0 radical (unpaired) electrons. The lowest BCUT2D eigenvalue weighted by atomic mass is 9.79. The number of allylic oxidation sites excluding steroid dienone is 1. The molecule has 0 unspecified atom stereocenters. The Morgan fingerprint density at radius 3 is 2.72 bits per heavy atom. The third-order valence-corrected chi connectivity index (χ3v) is 6.93. The molecule has 2 aliphatic carbocycles. The number of carbonyl (C=O) groups is 2. The fourth-order valence-electron chi connectivity index (χ4n) is 5.63. The topological polar surface area (TPSA) is 66.8 Å². The normalized spacial score (nSPS) is 41.4. The molecule has 2 heterocycles. The fourth-order valence-corrected chi connectivity index (χ4v) is 5.63. The highest BCUT2D eigenvalue weighted by Gasteiger charge is 2.54. The Morgan fingerprint density at radius 1 is 1.20 bits per heavy atom. The Balaban J connectivity index is 1.56. The predicted octanol–water partition coefficient (Wildman–Crippen LogP) is 2.63. The van der Waals surface area contributed by atoms with Crippen LogP contribution in [0.3, 0.4) is 0 Å². The Bertz CT molecular complexity index is 627. The summed E-state index contributed by atoms with van der Waals surface area (Å²) in [6.07, 6.45) is 5.36. The molecule has 4 rings (SSSR count). The molecule has 0 aromatic carbocycles. The molecular weight excluding hydrogens is 318 g/mol. The van der Waals surface area contributed by atoms with E-state index in [1.807, 2.05) is 4.90 Å². The largest absolute Gasteiger partial charge is 0.480 e. The number of aliphatic carboxylic acids is 1. The molecule has 2 saturated carbocycles. The third-order valence-electron chi connectivity index (χ3n) is 6.93. The molecule has 5 nitrogen and oxygen atoms in total. The molecule has 0 amide bonds. The maximum absolute atomic E-state index is 12.6. The van der Waals surface area contributed by atoms with Crippen LogP contribution in [-0.2, 0) is 14.3 Å². The van der Waals surface area contributed by atoms with Crippen molar-refractivity contribution >= 4 is 11.9 Å². The Hall–Kier alpha value is -1.62. The zero-order valence-corrected chi connectivity index (χ0v) is 14.7. The summed E-state index contributed by atoms with van der Waals surface area (Å²) < 4.78 is 5.88. The molecule has 4 fully saturated rings. The van der Waals surface area contributed by atoms with Crippen LogP contribution in [0.2, 0.25) is 0 Å². The molecule has 25 heavy (non-hydrogen) atoms. The Morgan fingerprint density at radius 2 is 1.96 bits per heavy atom. The van der Waals surface area contributed by atoms with Crippen LogP contribution in [0.15, 0.2) is 24.3 Å². The second-order valence-electron chi connectivity index (χ2n) is 8.19. The SMILES string of the molecule is C=C1CC[C@H]2C(=C)CC[C@@H]3[C@H](OC(=O)[C@H]3CN3CCC[C@H]3C(=O)O)[C@@H]12. The van der Waals surface area contributed by atoms with Crippen molar-refractivity contribution in [2.75, 3.05) is 13.1 Å². The molecule has 0 aromatic rings. The van der Waals surface area contributed by atoms with E-state index >= 15 is 0 Å². The maximum Gasteiger partial charge on any atom is 0.320 e. The molecule has 1 N–H and O–H groups in total. The highest BCUT2D eigenvalue weighted by molar-refractivity contribution is 5.77. The van der Waals surface area contributed by atoms with Gasteiger partial charge >= 0.3 is 11.9 Å². The fraction of sp³-hybridized carbons (Fsp3) is 0.700. The van der Waals surface area contributed by atoms with E-state index in [0.29, 0.717) is 18.9 Å². The van der Waals surface area contributed by atoms with Crippen molar-refractivity contribution < 1.29 is 19.4 Å².